The number of carbonyl (C=O) groups is 1. The first-order valence-corrected chi connectivity index (χ1v) is 7.71. The third-order valence-electron chi connectivity index (χ3n) is 5.64. The molecule has 2 nitrogen and oxygen atoms in total. The molecular formula is C17H20FNO. The van der Waals surface area contributed by atoms with E-state index in [-0.39, 0.29) is 17.1 Å². The van der Waals surface area contributed by atoms with Gasteiger partial charge in [0, 0.05) is 0 Å². The lowest BCUT2D eigenvalue weighted by Crippen LogP contribution is -2.51. The van der Waals surface area contributed by atoms with E-state index < -0.39 is 0 Å². The van der Waals surface area contributed by atoms with Crippen molar-refractivity contribution in [2.24, 2.45) is 23.2 Å². The molecular weight excluding hydrogens is 253 g/mol. The number of carbonyl (C=O) groups excluding carboxylic acids is 1. The highest BCUT2D eigenvalue weighted by molar-refractivity contribution is 5.95. The Morgan fingerprint density at radius 1 is 1.05 bits per heavy atom. The van der Waals surface area contributed by atoms with Gasteiger partial charge >= 0.3 is 0 Å². The first-order valence-electron chi connectivity index (χ1n) is 7.71. The minimum Gasteiger partial charge on any atom is -0.323 e. The predicted molar refractivity (Wildman–Crippen MR) is 75.6 cm³/mol. The lowest BCUT2D eigenvalue weighted by atomic mass is 9.49. The van der Waals surface area contributed by atoms with Gasteiger partial charge in [-0.2, -0.15) is 0 Å². The summed E-state index contributed by atoms with van der Waals surface area (Å²) in [6, 6.07) is 6.46. The summed E-state index contributed by atoms with van der Waals surface area (Å²) in [6.45, 7) is 0. The molecule has 0 spiro atoms. The number of benzene rings is 1. The predicted octanol–water partition coefficient (Wildman–Crippen LogP) is 3.98. The molecule has 0 aromatic heterocycles. The Morgan fingerprint density at radius 2 is 1.60 bits per heavy atom. The van der Waals surface area contributed by atoms with Crippen molar-refractivity contribution in [2.75, 3.05) is 5.32 Å². The summed E-state index contributed by atoms with van der Waals surface area (Å²) in [4.78, 5) is 12.7. The minimum absolute atomic E-state index is 0.0571. The SMILES string of the molecule is O=C(Nc1ccccc1F)C12CC3CC(CC(C3)C1)C2. The van der Waals surface area contributed by atoms with Crippen LogP contribution in [0.4, 0.5) is 10.1 Å². The quantitative estimate of drug-likeness (QED) is 0.867. The summed E-state index contributed by atoms with van der Waals surface area (Å²) < 4.78 is 13.7. The molecule has 0 radical (unpaired) electrons. The molecule has 4 aliphatic rings. The van der Waals surface area contributed by atoms with Crippen molar-refractivity contribution >= 4 is 11.6 Å². The molecule has 4 aliphatic carbocycles. The van der Waals surface area contributed by atoms with Crippen LogP contribution in [0.5, 0.6) is 0 Å². The number of anilines is 1. The van der Waals surface area contributed by atoms with Crippen molar-refractivity contribution in [1.82, 2.24) is 0 Å². The highest BCUT2D eigenvalue weighted by Crippen LogP contribution is 2.60. The van der Waals surface area contributed by atoms with Crippen LogP contribution in [0.15, 0.2) is 24.3 Å². The summed E-state index contributed by atoms with van der Waals surface area (Å²) in [6.07, 6.45) is 6.97. The van der Waals surface area contributed by atoms with Gasteiger partial charge < -0.3 is 5.32 Å². The zero-order valence-electron chi connectivity index (χ0n) is 11.6. The van der Waals surface area contributed by atoms with E-state index in [1.165, 1.54) is 25.3 Å². The van der Waals surface area contributed by atoms with Gasteiger partial charge in [0.15, 0.2) is 0 Å². The topological polar surface area (TPSA) is 29.1 Å². The number of halogens is 1. The molecule has 1 aromatic carbocycles. The lowest BCUT2D eigenvalue weighted by molar-refractivity contribution is -0.140. The van der Waals surface area contributed by atoms with Crippen LogP contribution in [0.1, 0.15) is 38.5 Å². The number of amides is 1. The molecule has 0 unspecified atom stereocenters. The van der Waals surface area contributed by atoms with Gasteiger partial charge in [-0.25, -0.2) is 4.39 Å². The Labute approximate surface area is 118 Å². The van der Waals surface area contributed by atoms with Crippen LogP contribution in [0.2, 0.25) is 0 Å². The summed E-state index contributed by atoms with van der Waals surface area (Å²) in [5.74, 6) is 1.90. The van der Waals surface area contributed by atoms with Crippen LogP contribution in [-0.2, 0) is 4.79 Å². The molecule has 0 atom stereocenters. The van der Waals surface area contributed by atoms with E-state index in [9.17, 15) is 9.18 Å². The molecule has 20 heavy (non-hydrogen) atoms. The van der Waals surface area contributed by atoms with E-state index in [0.29, 0.717) is 5.69 Å². The monoisotopic (exact) mass is 273 g/mol. The van der Waals surface area contributed by atoms with Gasteiger partial charge in [0.1, 0.15) is 5.82 Å². The average molecular weight is 273 g/mol. The first kappa shape index (κ1) is 12.4. The van der Waals surface area contributed by atoms with Crippen molar-refractivity contribution < 1.29 is 9.18 Å². The maximum absolute atomic E-state index is 13.7. The van der Waals surface area contributed by atoms with Crippen LogP contribution in [0.3, 0.4) is 0 Å². The second-order valence-electron chi connectivity index (χ2n) is 7.13. The van der Waals surface area contributed by atoms with Crippen molar-refractivity contribution in [3.05, 3.63) is 30.1 Å². The van der Waals surface area contributed by atoms with E-state index in [1.807, 2.05) is 0 Å². The van der Waals surface area contributed by atoms with E-state index >= 15 is 0 Å². The van der Waals surface area contributed by atoms with Gasteiger partial charge in [-0.05, 0) is 68.4 Å². The molecule has 4 fully saturated rings. The maximum Gasteiger partial charge on any atom is 0.230 e. The number of para-hydroxylation sites is 1. The molecule has 5 rings (SSSR count). The molecule has 1 amide bonds. The molecule has 0 aliphatic heterocycles. The molecule has 3 heteroatoms. The van der Waals surface area contributed by atoms with Gasteiger partial charge in [0.2, 0.25) is 5.91 Å². The largest absolute Gasteiger partial charge is 0.323 e. The Kier molecular flexibility index (Phi) is 2.66. The van der Waals surface area contributed by atoms with Crippen molar-refractivity contribution in [3.63, 3.8) is 0 Å². The second kappa shape index (κ2) is 4.31. The fourth-order valence-corrected chi connectivity index (χ4v) is 5.21. The average Bonchev–Trinajstić information content (AvgIpc) is 2.40. The molecule has 4 bridgehead atoms. The Morgan fingerprint density at radius 3 is 2.15 bits per heavy atom. The number of nitrogens with one attached hydrogen (secondary N) is 1. The van der Waals surface area contributed by atoms with Gasteiger partial charge in [0.25, 0.3) is 0 Å². The summed E-state index contributed by atoms with van der Waals surface area (Å²) in [5.41, 5.74) is 0.116. The maximum atomic E-state index is 13.7. The molecule has 4 saturated carbocycles. The minimum atomic E-state index is -0.342. The van der Waals surface area contributed by atoms with Crippen molar-refractivity contribution in [3.8, 4) is 0 Å². The molecule has 0 heterocycles. The smallest absolute Gasteiger partial charge is 0.230 e. The van der Waals surface area contributed by atoms with E-state index in [1.54, 1.807) is 18.2 Å². The normalized spacial score (nSPS) is 38.0. The van der Waals surface area contributed by atoms with E-state index in [2.05, 4.69) is 5.32 Å². The zero-order valence-corrected chi connectivity index (χ0v) is 11.6. The highest BCUT2D eigenvalue weighted by Gasteiger charge is 2.54. The summed E-state index contributed by atoms with van der Waals surface area (Å²) >= 11 is 0. The van der Waals surface area contributed by atoms with E-state index in [4.69, 9.17) is 0 Å². The number of hydrogen-bond donors (Lipinski definition) is 1. The highest BCUT2D eigenvalue weighted by atomic mass is 19.1. The molecule has 0 saturated heterocycles. The Balaban J connectivity index is 1.58. The fourth-order valence-electron chi connectivity index (χ4n) is 5.21. The van der Waals surface area contributed by atoms with Crippen molar-refractivity contribution in [1.29, 1.82) is 0 Å². The van der Waals surface area contributed by atoms with Crippen molar-refractivity contribution in [2.45, 2.75) is 38.5 Å². The molecule has 106 valence electrons. The third kappa shape index (κ3) is 1.87. The van der Waals surface area contributed by atoms with Gasteiger partial charge in [0.05, 0.1) is 11.1 Å². The summed E-state index contributed by atoms with van der Waals surface area (Å²) in [7, 11) is 0. The van der Waals surface area contributed by atoms with Crippen LogP contribution < -0.4 is 5.32 Å². The van der Waals surface area contributed by atoms with Gasteiger partial charge in [-0.3, -0.25) is 4.79 Å². The summed E-state index contributed by atoms with van der Waals surface area (Å²) in [5, 5.41) is 2.85. The van der Waals surface area contributed by atoms with Crippen LogP contribution >= 0.6 is 0 Å². The lowest BCUT2D eigenvalue weighted by Gasteiger charge is -2.55. The third-order valence-corrected chi connectivity index (χ3v) is 5.64. The van der Waals surface area contributed by atoms with Gasteiger partial charge in [-0.15, -0.1) is 0 Å². The van der Waals surface area contributed by atoms with Crippen LogP contribution in [-0.4, -0.2) is 5.91 Å². The Hall–Kier alpha value is -1.38. The standard InChI is InChI=1S/C17H20FNO/c18-14-3-1-2-4-15(14)19-16(20)17-8-11-5-12(9-17)7-13(6-11)10-17/h1-4,11-13H,5-10H2,(H,19,20). The number of hydrogen-bond acceptors (Lipinski definition) is 1. The number of rotatable bonds is 2. The Bertz CT molecular complexity index is 518. The fraction of sp³-hybridized carbons (Fsp3) is 0.588. The molecule has 1 aromatic rings. The van der Waals surface area contributed by atoms with Gasteiger partial charge in [-0.1, -0.05) is 12.1 Å². The zero-order chi connectivity index (χ0) is 13.7. The first-order chi connectivity index (χ1) is 9.64. The van der Waals surface area contributed by atoms with E-state index in [0.717, 1.165) is 37.0 Å². The van der Waals surface area contributed by atoms with Crippen LogP contribution in [0, 0.1) is 29.0 Å². The van der Waals surface area contributed by atoms with Crippen LogP contribution in [0.25, 0.3) is 0 Å². The molecule has 1 N–H and O–H groups in total. The second-order valence-corrected chi connectivity index (χ2v) is 7.13.